The monoisotopic (exact) mass is 531 g/mol. The third-order valence-electron chi connectivity index (χ3n) is 6.02. The topological polar surface area (TPSA) is 129 Å². The van der Waals surface area contributed by atoms with Crippen molar-refractivity contribution in [2.45, 2.75) is 6.54 Å². The summed E-state index contributed by atoms with van der Waals surface area (Å²) in [6.07, 6.45) is 5.81. The number of hydrogen-bond acceptors (Lipinski definition) is 6. The van der Waals surface area contributed by atoms with Crippen molar-refractivity contribution in [3.05, 3.63) is 84.3 Å². The van der Waals surface area contributed by atoms with Crippen molar-refractivity contribution in [3.8, 4) is 33.9 Å². The minimum Gasteiger partial charge on any atom is -0.336 e. The van der Waals surface area contributed by atoms with Gasteiger partial charge >= 0.3 is 0 Å². The van der Waals surface area contributed by atoms with Crippen LogP contribution in [0.5, 0.6) is 0 Å². The zero-order chi connectivity index (χ0) is 26.4. The maximum atomic E-state index is 14.8. The molecule has 0 radical (unpaired) electrons. The Bertz CT molecular complexity index is 1940. The molecule has 0 saturated heterocycles. The number of rotatable bonds is 6. The highest BCUT2D eigenvalue weighted by atomic mass is 32.2. The molecule has 0 amide bonds. The summed E-state index contributed by atoms with van der Waals surface area (Å²) >= 11 is 0. The first-order valence-electron chi connectivity index (χ1n) is 11.4. The van der Waals surface area contributed by atoms with Crippen molar-refractivity contribution in [1.29, 1.82) is 0 Å². The lowest BCUT2D eigenvalue weighted by molar-refractivity contribution is 0.586. The highest BCUT2D eigenvalue weighted by Gasteiger charge is 2.19. The zero-order valence-corrected chi connectivity index (χ0v) is 20.6. The molecule has 6 aromatic rings. The Balaban J connectivity index is 1.45. The van der Waals surface area contributed by atoms with Crippen molar-refractivity contribution in [2.24, 2.45) is 0 Å². The van der Waals surface area contributed by atoms with E-state index < -0.39 is 21.7 Å². The molecule has 6 rings (SSSR count). The molecule has 0 aliphatic heterocycles. The van der Waals surface area contributed by atoms with Gasteiger partial charge in [0.05, 0.1) is 23.0 Å². The number of pyridine rings is 2. The van der Waals surface area contributed by atoms with E-state index in [1.165, 1.54) is 18.2 Å². The smallest absolute Gasteiger partial charge is 0.209 e. The summed E-state index contributed by atoms with van der Waals surface area (Å²) in [4.78, 5) is 16.4. The third-order valence-corrected chi connectivity index (χ3v) is 6.69. The molecule has 0 saturated carbocycles. The van der Waals surface area contributed by atoms with Crippen molar-refractivity contribution >= 4 is 32.0 Å². The van der Waals surface area contributed by atoms with Crippen LogP contribution in [0.4, 0.5) is 8.78 Å². The predicted molar refractivity (Wildman–Crippen MR) is 139 cm³/mol. The van der Waals surface area contributed by atoms with E-state index in [-0.39, 0.29) is 6.54 Å². The number of H-pyrrole nitrogens is 2. The predicted octanol–water partition coefficient (Wildman–Crippen LogP) is 4.56. The molecule has 0 aliphatic carbocycles. The van der Waals surface area contributed by atoms with Crippen LogP contribution >= 0.6 is 0 Å². The number of sulfonamides is 1. The molecule has 190 valence electrons. The highest BCUT2D eigenvalue weighted by Crippen LogP contribution is 2.34. The van der Waals surface area contributed by atoms with Gasteiger partial charge in [-0.15, -0.1) is 0 Å². The van der Waals surface area contributed by atoms with E-state index in [2.05, 4.69) is 29.9 Å². The summed E-state index contributed by atoms with van der Waals surface area (Å²) in [5.41, 5.74) is 4.37. The summed E-state index contributed by atoms with van der Waals surface area (Å²) < 4.78 is 54.6. The van der Waals surface area contributed by atoms with Gasteiger partial charge in [0, 0.05) is 53.3 Å². The number of nitrogens with one attached hydrogen (secondary N) is 3. The molecule has 0 spiro atoms. The van der Waals surface area contributed by atoms with Crippen LogP contribution in [0.15, 0.2) is 67.1 Å². The standard InChI is InChI=1S/C26H19F2N7O2S/c1-38(36,37)31-12-14-7-16(9-17(27)8-14)23-25-21(4-6-30-23)32-26(33-25)24-19-10-18(15-3-2-5-29-13-15)20(28)11-22(19)34-35-24/h2-11,13,31H,12H2,1H3,(H,32,33)(H,34,35). The van der Waals surface area contributed by atoms with Gasteiger partial charge in [-0.1, -0.05) is 6.07 Å². The van der Waals surface area contributed by atoms with Gasteiger partial charge in [-0.3, -0.25) is 15.1 Å². The number of fused-ring (bicyclic) bond motifs is 2. The van der Waals surface area contributed by atoms with Gasteiger partial charge in [-0.2, -0.15) is 5.10 Å². The van der Waals surface area contributed by atoms with E-state index in [9.17, 15) is 17.2 Å². The minimum atomic E-state index is -3.45. The van der Waals surface area contributed by atoms with E-state index >= 15 is 0 Å². The quantitative estimate of drug-likeness (QED) is 0.289. The van der Waals surface area contributed by atoms with Gasteiger partial charge in [0.15, 0.2) is 5.82 Å². The maximum absolute atomic E-state index is 14.8. The summed E-state index contributed by atoms with van der Waals surface area (Å²) in [5, 5.41) is 7.87. The minimum absolute atomic E-state index is 0.0690. The van der Waals surface area contributed by atoms with Crippen LogP contribution < -0.4 is 4.72 Å². The van der Waals surface area contributed by atoms with Crippen LogP contribution in [0.2, 0.25) is 0 Å². The van der Waals surface area contributed by atoms with Crippen molar-refractivity contribution in [1.82, 2.24) is 34.9 Å². The molecule has 0 unspecified atom stereocenters. The second-order valence-electron chi connectivity index (χ2n) is 8.77. The average Bonchev–Trinajstić information content (AvgIpc) is 3.50. The molecule has 38 heavy (non-hydrogen) atoms. The van der Waals surface area contributed by atoms with Gasteiger partial charge in [-0.05, 0) is 42.0 Å². The molecule has 12 heteroatoms. The molecule has 9 nitrogen and oxygen atoms in total. The van der Waals surface area contributed by atoms with E-state index in [0.29, 0.717) is 61.4 Å². The number of aromatic nitrogens is 6. The van der Waals surface area contributed by atoms with E-state index in [4.69, 9.17) is 4.98 Å². The van der Waals surface area contributed by atoms with Gasteiger partial charge in [0.1, 0.15) is 22.8 Å². The summed E-state index contributed by atoms with van der Waals surface area (Å²) in [6, 6.07) is 12.5. The molecule has 0 atom stereocenters. The Labute approximate surface area is 215 Å². The second-order valence-corrected chi connectivity index (χ2v) is 10.6. The van der Waals surface area contributed by atoms with Gasteiger partial charge < -0.3 is 4.98 Å². The van der Waals surface area contributed by atoms with E-state index in [1.807, 2.05) is 0 Å². The fourth-order valence-corrected chi connectivity index (χ4v) is 4.75. The van der Waals surface area contributed by atoms with Crippen LogP contribution in [-0.4, -0.2) is 44.8 Å². The number of nitrogens with zero attached hydrogens (tertiary/aromatic N) is 4. The summed E-state index contributed by atoms with van der Waals surface area (Å²) in [6.45, 7) is -0.0690. The normalized spacial score (nSPS) is 12.0. The van der Waals surface area contributed by atoms with Crippen molar-refractivity contribution in [3.63, 3.8) is 0 Å². The molecule has 4 heterocycles. The fourth-order valence-electron chi connectivity index (χ4n) is 4.32. The Morgan fingerprint density at radius 2 is 1.84 bits per heavy atom. The SMILES string of the molecule is CS(=O)(=O)NCc1cc(F)cc(-c2nccc3[nH]c(-c4n[nH]c5cc(F)c(-c6cccnc6)cc45)nc23)c1. The lowest BCUT2D eigenvalue weighted by Gasteiger charge is -2.07. The van der Waals surface area contributed by atoms with Gasteiger partial charge in [0.25, 0.3) is 0 Å². The van der Waals surface area contributed by atoms with E-state index in [0.717, 1.165) is 6.26 Å². The molecule has 4 aromatic heterocycles. The first-order chi connectivity index (χ1) is 18.2. The third kappa shape index (κ3) is 4.51. The first kappa shape index (κ1) is 23.8. The molecule has 0 aliphatic rings. The second kappa shape index (κ2) is 9.08. The highest BCUT2D eigenvalue weighted by molar-refractivity contribution is 7.88. The number of halogens is 2. The molecule has 3 N–H and O–H groups in total. The molecular weight excluding hydrogens is 512 g/mol. The van der Waals surface area contributed by atoms with Crippen LogP contribution in [-0.2, 0) is 16.6 Å². The Hall–Kier alpha value is -4.55. The van der Waals surface area contributed by atoms with Crippen LogP contribution in [0.25, 0.3) is 55.8 Å². The van der Waals surface area contributed by atoms with Crippen LogP contribution in [0.3, 0.4) is 0 Å². The lowest BCUT2D eigenvalue weighted by atomic mass is 10.0. The molecule has 0 fully saturated rings. The summed E-state index contributed by atoms with van der Waals surface area (Å²) in [5.74, 6) is -0.533. The van der Waals surface area contributed by atoms with Crippen LogP contribution in [0, 0.1) is 11.6 Å². The first-order valence-corrected chi connectivity index (χ1v) is 13.3. The summed E-state index contributed by atoms with van der Waals surface area (Å²) in [7, 11) is -3.45. The van der Waals surface area contributed by atoms with Gasteiger partial charge in [-0.25, -0.2) is 26.9 Å². The van der Waals surface area contributed by atoms with E-state index in [1.54, 1.807) is 48.9 Å². The van der Waals surface area contributed by atoms with Crippen molar-refractivity contribution < 1.29 is 17.2 Å². The molecule has 2 aromatic carbocycles. The number of imidazole rings is 1. The fraction of sp³-hybridized carbons (Fsp3) is 0.0769. The molecular formula is C26H19F2N7O2S. The average molecular weight is 532 g/mol. The Morgan fingerprint density at radius 1 is 0.974 bits per heavy atom. The Morgan fingerprint density at radius 3 is 2.63 bits per heavy atom. The van der Waals surface area contributed by atoms with Crippen LogP contribution in [0.1, 0.15) is 5.56 Å². The zero-order valence-electron chi connectivity index (χ0n) is 19.8. The van der Waals surface area contributed by atoms with Gasteiger partial charge in [0.2, 0.25) is 10.0 Å². The number of benzene rings is 2. The van der Waals surface area contributed by atoms with Crippen molar-refractivity contribution in [2.75, 3.05) is 6.26 Å². The Kier molecular flexibility index (Phi) is 5.69. The number of aromatic amines is 2. The lowest BCUT2D eigenvalue weighted by Crippen LogP contribution is -2.21. The molecule has 0 bridgehead atoms. The largest absolute Gasteiger partial charge is 0.336 e. The number of hydrogen-bond donors (Lipinski definition) is 3. The maximum Gasteiger partial charge on any atom is 0.209 e.